The quantitative estimate of drug-likeness (QED) is 0.716. The number of H-pyrrole nitrogens is 1. The highest BCUT2D eigenvalue weighted by Crippen LogP contribution is 2.23. The van der Waals surface area contributed by atoms with Crippen molar-refractivity contribution in [3.63, 3.8) is 0 Å². The van der Waals surface area contributed by atoms with E-state index in [0.717, 1.165) is 16.5 Å². The van der Waals surface area contributed by atoms with Gasteiger partial charge in [-0.25, -0.2) is 0 Å². The van der Waals surface area contributed by atoms with Gasteiger partial charge in [-0.1, -0.05) is 0 Å². The Hall–Kier alpha value is -1.97. The van der Waals surface area contributed by atoms with Gasteiger partial charge in [-0.2, -0.15) is 0 Å². The van der Waals surface area contributed by atoms with Crippen LogP contribution >= 0.6 is 0 Å². The second-order valence-corrected chi connectivity index (χ2v) is 3.44. The number of phenolic OH excluding ortho intramolecular Hbond substituents is 1. The minimum Gasteiger partial charge on any atom is -0.508 e. The van der Waals surface area contributed by atoms with Gasteiger partial charge in [0.1, 0.15) is 5.75 Å². The average Bonchev–Trinajstić information content (AvgIpc) is 2.57. The molecule has 15 heavy (non-hydrogen) atoms. The van der Waals surface area contributed by atoms with E-state index in [4.69, 9.17) is 5.11 Å². The van der Waals surface area contributed by atoms with E-state index in [2.05, 4.69) is 4.98 Å². The Balaban J connectivity index is 2.32. The first-order valence-corrected chi connectivity index (χ1v) is 4.67. The summed E-state index contributed by atoms with van der Waals surface area (Å²) in [5, 5.41) is 18.8. The summed E-state index contributed by atoms with van der Waals surface area (Å²) in [5.41, 5.74) is 1.79. The van der Waals surface area contributed by atoms with Gasteiger partial charge in [0.2, 0.25) is 0 Å². The van der Waals surface area contributed by atoms with Gasteiger partial charge in [0.25, 0.3) is 0 Å². The lowest BCUT2D eigenvalue weighted by atomic mass is 10.1. The number of aromatic hydroxyl groups is 1. The van der Waals surface area contributed by atoms with E-state index in [1.165, 1.54) is 0 Å². The third kappa shape index (κ3) is 1.93. The standard InChI is InChI=1S/C11H11NO3/c13-8-2-3-9-7(1-4-11(14)15)6-12-10(9)5-8/h2-3,5-6,12-13H,1,4H2,(H,14,15). The number of aryl methyl sites for hydroxylation is 1. The first kappa shape index (κ1) is 9.58. The van der Waals surface area contributed by atoms with Crippen LogP contribution in [0, 0.1) is 0 Å². The Morgan fingerprint density at radius 2 is 2.20 bits per heavy atom. The van der Waals surface area contributed by atoms with Crippen LogP contribution in [0.5, 0.6) is 5.75 Å². The SMILES string of the molecule is O=C(O)CCc1c[nH]c2cc(O)ccc12. The number of fused-ring (bicyclic) bond motifs is 1. The molecule has 3 N–H and O–H groups in total. The number of hydrogen-bond acceptors (Lipinski definition) is 2. The zero-order valence-electron chi connectivity index (χ0n) is 8.03. The first-order valence-electron chi connectivity index (χ1n) is 4.67. The Bertz CT molecular complexity index is 502. The number of carbonyl (C=O) groups is 1. The first-order chi connectivity index (χ1) is 7.16. The fourth-order valence-electron chi connectivity index (χ4n) is 1.62. The number of aliphatic carboxylic acids is 1. The van der Waals surface area contributed by atoms with Crippen molar-refractivity contribution in [1.82, 2.24) is 4.98 Å². The highest BCUT2D eigenvalue weighted by Gasteiger charge is 2.06. The van der Waals surface area contributed by atoms with Crippen molar-refractivity contribution in [1.29, 1.82) is 0 Å². The van der Waals surface area contributed by atoms with E-state index >= 15 is 0 Å². The number of benzene rings is 1. The minimum atomic E-state index is -0.803. The number of carboxylic acids is 1. The van der Waals surface area contributed by atoms with Gasteiger partial charge in [-0.05, 0) is 24.1 Å². The van der Waals surface area contributed by atoms with Crippen molar-refractivity contribution in [2.75, 3.05) is 0 Å². The lowest BCUT2D eigenvalue weighted by Crippen LogP contribution is -1.96. The average molecular weight is 205 g/mol. The summed E-state index contributed by atoms with van der Waals surface area (Å²) in [7, 11) is 0. The number of carboxylic acid groups (broad SMARTS) is 1. The normalized spacial score (nSPS) is 10.7. The Kier molecular flexibility index (Phi) is 2.33. The molecule has 78 valence electrons. The van der Waals surface area contributed by atoms with Gasteiger partial charge in [-0.15, -0.1) is 0 Å². The number of phenols is 1. The predicted octanol–water partition coefficient (Wildman–Crippen LogP) is 1.89. The van der Waals surface area contributed by atoms with Crippen LogP contribution in [0.25, 0.3) is 10.9 Å². The highest BCUT2D eigenvalue weighted by molar-refractivity contribution is 5.84. The minimum absolute atomic E-state index is 0.119. The van der Waals surface area contributed by atoms with E-state index < -0.39 is 5.97 Å². The maximum atomic E-state index is 10.4. The Morgan fingerprint density at radius 3 is 2.93 bits per heavy atom. The van der Waals surface area contributed by atoms with E-state index in [9.17, 15) is 9.90 Å². The molecule has 4 nitrogen and oxygen atoms in total. The third-order valence-electron chi connectivity index (χ3n) is 2.36. The van der Waals surface area contributed by atoms with Gasteiger partial charge in [-0.3, -0.25) is 4.79 Å². The molecule has 0 aliphatic heterocycles. The van der Waals surface area contributed by atoms with E-state index in [-0.39, 0.29) is 12.2 Å². The molecule has 0 unspecified atom stereocenters. The molecule has 0 saturated heterocycles. The summed E-state index contributed by atoms with van der Waals surface area (Å²) in [6.45, 7) is 0. The molecule has 0 bridgehead atoms. The van der Waals surface area contributed by atoms with Crippen molar-refractivity contribution in [2.24, 2.45) is 0 Å². The maximum Gasteiger partial charge on any atom is 0.303 e. The Labute approximate surface area is 86.2 Å². The monoisotopic (exact) mass is 205 g/mol. The van der Waals surface area contributed by atoms with Crippen LogP contribution in [0.1, 0.15) is 12.0 Å². The van der Waals surface area contributed by atoms with Crippen LogP contribution in [-0.4, -0.2) is 21.2 Å². The number of nitrogens with one attached hydrogen (secondary N) is 1. The highest BCUT2D eigenvalue weighted by atomic mass is 16.4. The third-order valence-corrected chi connectivity index (χ3v) is 2.36. The molecule has 1 aromatic heterocycles. The van der Waals surface area contributed by atoms with Crippen LogP contribution in [-0.2, 0) is 11.2 Å². The van der Waals surface area contributed by atoms with Crippen molar-refractivity contribution in [3.05, 3.63) is 30.0 Å². The molecular weight excluding hydrogens is 194 g/mol. The second-order valence-electron chi connectivity index (χ2n) is 3.44. The summed E-state index contributed by atoms with van der Waals surface area (Å²) in [4.78, 5) is 13.4. The largest absolute Gasteiger partial charge is 0.508 e. The summed E-state index contributed by atoms with van der Waals surface area (Å²) in [6, 6.07) is 5.01. The molecule has 1 aromatic carbocycles. The number of aromatic amines is 1. The van der Waals surface area contributed by atoms with Crippen LogP contribution < -0.4 is 0 Å². The summed E-state index contributed by atoms with van der Waals surface area (Å²) < 4.78 is 0. The second kappa shape index (κ2) is 3.65. The molecule has 0 spiro atoms. The summed E-state index contributed by atoms with van der Waals surface area (Å²) >= 11 is 0. The lowest BCUT2D eigenvalue weighted by Gasteiger charge is -1.96. The lowest BCUT2D eigenvalue weighted by molar-refractivity contribution is -0.136. The van der Waals surface area contributed by atoms with Crippen molar-refractivity contribution in [3.8, 4) is 5.75 Å². The van der Waals surface area contributed by atoms with E-state index in [1.54, 1.807) is 24.4 Å². The molecule has 2 aromatic rings. The smallest absolute Gasteiger partial charge is 0.303 e. The molecular formula is C11H11NO3. The Morgan fingerprint density at radius 1 is 1.40 bits per heavy atom. The molecule has 0 aliphatic carbocycles. The van der Waals surface area contributed by atoms with E-state index in [0.29, 0.717) is 6.42 Å². The summed E-state index contributed by atoms with van der Waals surface area (Å²) in [5.74, 6) is -0.600. The van der Waals surface area contributed by atoms with Gasteiger partial charge in [0.05, 0.1) is 0 Å². The molecule has 0 aliphatic rings. The number of rotatable bonds is 3. The fraction of sp³-hybridized carbons (Fsp3) is 0.182. The van der Waals surface area contributed by atoms with Crippen molar-refractivity contribution >= 4 is 16.9 Å². The molecule has 0 atom stereocenters. The predicted molar refractivity (Wildman–Crippen MR) is 55.9 cm³/mol. The molecule has 4 heteroatoms. The number of aromatic nitrogens is 1. The van der Waals surface area contributed by atoms with Gasteiger partial charge < -0.3 is 15.2 Å². The molecule has 0 radical (unpaired) electrons. The zero-order valence-corrected chi connectivity index (χ0v) is 8.03. The van der Waals surface area contributed by atoms with Gasteiger partial charge >= 0.3 is 5.97 Å². The molecule has 0 amide bonds. The van der Waals surface area contributed by atoms with Gasteiger partial charge in [0, 0.05) is 29.6 Å². The van der Waals surface area contributed by atoms with E-state index in [1.807, 2.05) is 0 Å². The van der Waals surface area contributed by atoms with Crippen molar-refractivity contribution < 1.29 is 15.0 Å². The van der Waals surface area contributed by atoms with Crippen LogP contribution in [0.4, 0.5) is 0 Å². The van der Waals surface area contributed by atoms with Crippen molar-refractivity contribution in [2.45, 2.75) is 12.8 Å². The summed E-state index contributed by atoms with van der Waals surface area (Å²) in [6.07, 6.45) is 2.40. The number of hydrogen-bond donors (Lipinski definition) is 3. The topological polar surface area (TPSA) is 73.3 Å². The maximum absolute atomic E-state index is 10.4. The molecule has 0 saturated carbocycles. The van der Waals surface area contributed by atoms with Crippen LogP contribution in [0.15, 0.2) is 24.4 Å². The van der Waals surface area contributed by atoms with Gasteiger partial charge in [0.15, 0.2) is 0 Å². The molecule has 2 rings (SSSR count). The molecule has 0 fully saturated rings. The molecule has 1 heterocycles. The zero-order chi connectivity index (χ0) is 10.8. The van der Waals surface area contributed by atoms with Crippen LogP contribution in [0.3, 0.4) is 0 Å². The fourth-order valence-corrected chi connectivity index (χ4v) is 1.62. The van der Waals surface area contributed by atoms with Crippen LogP contribution in [0.2, 0.25) is 0 Å².